The fraction of sp³-hybridized carbons (Fsp3) is 0.517. The molecule has 2 amide bonds. The van der Waals surface area contributed by atoms with E-state index in [1.54, 1.807) is 11.8 Å². The molecule has 0 saturated heterocycles. The monoisotopic (exact) mass is 514 g/mol. The van der Waals surface area contributed by atoms with Crippen molar-refractivity contribution in [3.05, 3.63) is 58.6 Å². The number of halogens is 1. The van der Waals surface area contributed by atoms with Crippen LogP contribution in [0.25, 0.3) is 0 Å². The van der Waals surface area contributed by atoms with Crippen LogP contribution < -0.4 is 14.8 Å². The minimum atomic E-state index is -0.602. The summed E-state index contributed by atoms with van der Waals surface area (Å²) in [6.45, 7) is 7.03. The predicted octanol–water partition coefficient (Wildman–Crippen LogP) is 5.94. The Kier molecular flexibility index (Phi) is 10.9. The molecule has 0 aromatic heterocycles. The molecule has 1 aliphatic carbocycles. The van der Waals surface area contributed by atoms with E-state index in [1.165, 1.54) is 6.42 Å². The van der Waals surface area contributed by atoms with Gasteiger partial charge in [-0.2, -0.15) is 0 Å². The van der Waals surface area contributed by atoms with Crippen LogP contribution in [0.15, 0.2) is 42.5 Å². The summed E-state index contributed by atoms with van der Waals surface area (Å²) in [7, 11) is 0. The zero-order chi connectivity index (χ0) is 25.9. The molecule has 2 aromatic rings. The van der Waals surface area contributed by atoms with Crippen LogP contribution in [0.1, 0.15) is 70.4 Å². The number of carbonyl (C=O) groups excluding carboxylic acids is 2. The summed E-state index contributed by atoms with van der Waals surface area (Å²) < 4.78 is 11.4. The molecule has 0 heterocycles. The average Bonchev–Trinajstić information content (AvgIpc) is 2.88. The van der Waals surface area contributed by atoms with Gasteiger partial charge in [0.25, 0.3) is 0 Å². The summed E-state index contributed by atoms with van der Waals surface area (Å²) in [5.74, 6) is 1.18. The smallest absolute Gasteiger partial charge is 0.242 e. The third kappa shape index (κ3) is 7.89. The van der Waals surface area contributed by atoms with Crippen LogP contribution >= 0.6 is 11.6 Å². The molecule has 1 aliphatic rings. The average molecular weight is 515 g/mol. The van der Waals surface area contributed by atoms with Crippen LogP contribution in [0.5, 0.6) is 11.5 Å². The number of ether oxygens (including phenoxy) is 2. The lowest BCUT2D eigenvalue weighted by Crippen LogP contribution is -2.50. The second-order valence-corrected chi connectivity index (χ2v) is 9.69. The summed E-state index contributed by atoms with van der Waals surface area (Å²) in [5.41, 5.74) is 1.80. The van der Waals surface area contributed by atoms with Crippen LogP contribution in [-0.4, -0.2) is 42.0 Å². The molecule has 0 bridgehead atoms. The summed E-state index contributed by atoms with van der Waals surface area (Å²) in [5, 5.41) is 3.76. The van der Waals surface area contributed by atoms with Crippen molar-refractivity contribution in [2.75, 3.05) is 13.2 Å². The van der Waals surface area contributed by atoms with Crippen LogP contribution in [0.3, 0.4) is 0 Å². The zero-order valence-electron chi connectivity index (χ0n) is 21.7. The number of hydrogen-bond acceptors (Lipinski definition) is 4. The van der Waals surface area contributed by atoms with Gasteiger partial charge in [-0.3, -0.25) is 9.59 Å². The van der Waals surface area contributed by atoms with Gasteiger partial charge in [-0.15, -0.1) is 0 Å². The number of carbonyl (C=O) groups is 2. The fourth-order valence-electron chi connectivity index (χ4n) is 4.61. The number of nitrogens with zero attached hydrogens (tertiary/aromatic N) is 1. The van der Waals surface area contributed by atoms with E-state index in [9.17, 15) is 9.59 Å². The van der Waals surface area contributed by atoms with Gasteiger partial charge in [0.15, 0.2) is 11.5 Å². The number of benzene rings is 2. The molecule has 1 N–H and O–H groups in total. The van der Waals surface area contributed by atoms with Crippen molar-refractivity contribution in [1.29, 1.82) is 0 Å². The van der Waals surface area contributed by atoms with Gasteiger partial charge in [0.05, 0.1) is 13.2 Å². The van der Waals surface area contributed by atoms with Crippen LogP contribution in [-0.2, 0) is 22.6 Å². The van der Waals surface area contributed by atoms with Crippen LogP contribution in [0.4, 0.5) is 0 Å². The van der Waals surface area contributed by atoms with E-state index in [0.29, 0.717) is 36.2 Å². The second kappa shape index (κ2) is 14.1. The van der Waals surface area contributed by atoms with Crippen molar-refractivity contribution in [2.24, 2.45) is 0 Å². The molecule has 0 aliphatic heterocycles. The van der Waals surface area contributed by atoms with Crippen molar-refractivity contribution in [3.8, 4) is 11.5 Å². The van der Waals surface area contributed by atoms with E-state index in [2.05, 4.69) is 5.32 Å². The quantitative estimate of drug-likeness (QED) is 0.381. The molecule has 0 spiro atoms. The van der Waals surface area contributed by atoms with E-state index in [0.717, 1.165) is 36.8 Å². The maximum atomic E-state index is 13.5. The SMILES string of the molecule is CCOc1ccc(CCC(=O)N(Cc2ccccc2Cl)C(C)C(=O)NC2CCCCC2)cc1OCC. The summed E-state index contributed by atoms with van der Waals surface area (Å²) in [4.78, 5) is 28.3. The first-order chi connectivity index (χ1) is 17.4. The Morgan fingerprint density at radius 1 is 1.03 bits per heavy atom. The van der Waals surface area contributed by atoms with E-state index in [-0.39, 0.29) is 30.8 Å². The highest BCUT2D eigenvalue weighted by Crippen LogP contribution is 2.29. The normalized spacial score (nSPS) is 14.7. The summed E-state index contributed by atoms with van der Waals surface area (Å²) in [6.07, 6.45) is 6.27. The molecule has 1 unspecified atom stereocenters. The Balaban J connectivity index is 1.73. The lowest BCUT2D eigenvalue weighted by molar-refractivity contribution is -0.141. The van der Waals surface area contributed by atoms with Gasteiger partial charge in [0.1, 0.15) is 6.04 Å². The second-order valence-electron chi connectivity index (χ2n) is 9.28. The first-order valence-corrected chi connectivity index (χ1v) is 13.5. The Hall–Kier alpha value is -2.73. The third-order valence-corrected chi connectivity index (χ3v) is 7.02. The van der Waals surface area contributed by atoms with Gasteiger partial charge in [-0.25, -0.2) is 0 Å². The number of aryl methyl sites for hydroxylation is 1. The number of amides is 2. The molecule has 3 rings (SSSR count). The van der Waals surface area contributed by atoms with E-state index < -0.39 is 6.04 Å². The Labute approximate surface area is 220 Å². The number of rotatable bonds is 12. The van der Waals surface area contributed by atoms with Crippen molar-refractivity contribution in [2.45, 2.75) is 84.3 Å². The lowest BCUT2D eigenvalue weighted by Gasteiger charge is -2.31. The molecule has 6 nitrogen and oxygen atoms in total. The van der Waals surface area contributed by atoms with E-state index >= 15 is 0 Å². The first kappa shape index (κ1) is 27.9. The number of hydrogen-bond donors (Lipinski definition) is 1. The minimum absolute atomic E-state index is 0.0898. The summed E-state index contributed by atoms with van der Waals surface area (Å²) in [6, 6.07) is 12.8. The molecule has 1 atom stereocenters. The van der Waals surface area contributed by atoms with Crippen LogP contribution in [0.2, 0.25) is 5.02 Å². The van der Waals surface area contributed by atoms with Gasteiger partial charge in [-0.05, 0) is 69.4 Å². The zero-order valence-corrected chi connectivity index (χ0v) is 22.5. The lowest BCUT2D eigenvalue weighted by atomic mass is 9.95. The topological polar surface area (TPSA) is 67.9 Å². The molecular formula is C29H39ClN2O4. The summed E-state index contributed by atoms with van der Waals surface area (Å²) >= 11 is 6.41. The third-order valence-electron chi connectivity index (χ3n) is 6.65. The minimum Gasteiger partial charge on any atom is -0.490 e. The Morgan fingerprint density at radius 2 is 1.72 bits per heavy atom. The van der Waals surface area contributed by atoms with E-state index in [1.807, 2.05) is 56.3 Å². The highest BCUT2D eigenvalue weighted by atomic mass is 35.5. The molecular weight excluding hydrogens is 476 g/mol. The fourth-order valence-corrected chi connectivity index (χ4v) is 4.80. The largest absolute Gasteiger partial charge is 0.490 e. The van der Waals surface area contributed by atoms with Crippen molar-refractivity contribution in [1.82, 2.24) is 10.2 Å². The van der Waals surface area contributed by atoms with Crippen molar-refractivity contribution in [3.63, 3.8) is 0 Å². The molecule has 36 heavy (non-hydrogen) atoms. The first-order valence-electron chi connectivity index (χ1n) is 13.1. The van der Waals surface area contributed by atoms with Gasteiger partial charge in [-0.1, -0.05) is 55.1 Å². The molecule has 1 fully saturated rings. The molecule has 196 valence electrons. The molecule has 2 aromatic carbocycles. The van der Waals surface area contributed by atoms with Gasteiger partial charge >= 0.3 is 0 Å². The maximum Gasteiger partial charge on any atom is 0.242 e. The molecule has 1 saturated carbocycles. The Morgan fingerprint density at radius 3 is 2.42 bits per heavy atom. The number of nitrogens with one attached hydrogen (secondary N) is 1. The molecule has 7 heteroatoms. The highest BCUT2D eigenvalue weighted by molar-refractivity contribution is 6.31. The molecule has 0 radical (unpaired) electrons. The van der Waals surface area contributed by atoms with E-state index in [4.69, 9.17) is 21.1 Å². The Bertz CT molecular complexity index is 1010. The van der Waals surface area contributed by atoms with Crippen molar-refractivity contribution >= 4 is 23.4 Å². The van der Waals surface area contributed by atoms with Gasteiger partial charge < -0.3 is 19.7 Å². The highest BCUT2D eigenvalue weighted by Gasteiger charge is 2.28. The van der Waals surface area contributed by atoms with Crippen molar-refractivity contribution < 1.29 is 19.1 Å². The standard InChI is InChI=1S/C29H39ClN2O4/c1-4-35-26-17-15-22(19-27(26)36-5-2)16-18-28(33)32(20-23-11-9-10-14-25(23)30)21(3)29(34)31-24-12-7-6-8-13-24/h9-11,14-15,17,19,21,24H,4-8,12-13,16,18,20H2,1-3H3,(H,31,34). The van der Waals surface area contributed by atoms with Gasteiger partial charge in [0, 0.05) is 24.0 Å². The van der Waals surface area contributed by atoms with Gasteiger partial charge in [0.2, 0.25) is 11.8 Å². The maximum absolute atomic E-state index is 13.5. The predicted molar refractivity (Wildman–Crippen MR) is 144 cm³/mol. The van der Waals surface area contributed by atoms with Crippen LogP contribution in [0, 0.1) is 0 Å².